The summed E-state index contributed by atoms with van der Waals surface area (Å²) in [6.45, 7) is 0. The van der Waals surface area contributed by atoms with E-state index in [0.717, 1.165) is 25.7 Å². The smallest absolute Gasteiger partial charge is 0.172 e. The fraction of sp³-hybridized carbons (Fsp3) is 0.455. The van der Waals surface area contributed by atoms with Gasteiger partial charge in [-0.3, -0.25) is 0 Å². The molecule has 2 rings (SSSR count). The molecule has 1 aromatic carbocycles. The maximum Gasteiger partial charge on any atom is 0.172 e. The van der Waals surface area contributed by atoms with Crippen LogP contribution in [0.25, 0.3) is 0 Å². The molecule has 0 unspecified atom stereocenters. The van der Waals surface area contributed by atoms with Crippen LogP contribution in [0.4, 0.5) is 8.78 Å². The summed E-state index contributed by atoms with van der Waals surface area (Å²) in [5, 5.41) is 0. The van der Waals surface area contributed by atoms with E-state index in [-0.39, 0.29) is 4.47 Å². The zero-order chi connectivity index (χ0) is 11.1. The Bertz CT molecular complexity index is 363. The Labute approximate surface area is 95.8 Å². The topological polar surface area (TPSA) is 26.0 Å². The number of hydrogen-bond donors (Lipinski definition) is 1. The van der Waals surface area contributed by atoms with Gasteiger partial charge in [-0.15, -0.1) is 0 Å². The Morgan fingerprint density at radius 2 is 1.80 bits per heavy atom. The highest BCUT2D eigenvalue weighted by atomic mass is 79.9. The molecule has 1 saturated carbocycles. The second-order valence-electron chi connectivity index (χ2n) is 4.12. The number of halogens is 3. The van der Waals surface area contributed by atoms with Crippen LogP contribution in [0.5, 0.6) is 0 Å². The molecule has 4 heteroatoms. The monoisotopic (exact) mass is 275 g/mol. The van der Waals surface area contributed by atoms with E-state index in [9.17, 15) is 8.78 Å². The summed E-state index contributed by atoms with van der Waals surface area (Å²) in [5.41, 5.74) is 6.37. The standard InChI is InChI=1S/C11H12BrF2N/c12-8-5-7(6-9(13)10(8)14)11(15)3-1-2-4-11/h5-6H,1-4,15H2. The van der Waals surface area contributed by atoms with Crippen molar-refractivity contribution in [3.05, 3.63) is 33.8 Å². The molecule has 0 aliphatic heterocycles. The van der Waals surface area contributed by atoms with Crippen LogP contribution in [0.15, 0.2) is 16.6 Å². The first-order valence-electron chi connectivity index (χ1n) is 4.97. The summed E-state index contributed by atoms with van der Waals surface area (Å²) in [6.07, 6.45) is 3.77. The van der Waals surface area contributed by atoms with E-state index in [1.807, 2.05) is 0 Å². The number of benzene rings is 1. The van der Waals surface area contributed by atoms with Gasteiger partial charge in [-0.05, 0) is 46.5 Å². The fourth-order valence-electron chi connectivity index (χ4n) is 2.14. The van der Waals surface area contributed by atoms with Crippen LogP contribution in [0, 0.1) is 11.6 Å². The normalized spacial score (nSPS) is 19.5. The Balaban J connectivity index is 2.45. The minimum absolute atomic E-state index is 0.147. The van der Waals surface area contributed by atoms with Gasteiger partial charge in [0.25, 0.3) is 0 Å². The van der Waals surface area contributed by atoms with E-state index in [1.165, 1.54) is 6.07 Å². The highest BCUT2D eigenvalue weighted by Crippen LogP contribution is 2.38. The van der Waals surface area contributed by atoms with Crippen molar-refractivity contribution in [2.45, 2.75) is 31.2 Å². The first-order valence-corrected chi connectivity index (χ1v) is 5.76. The molecule has 0 amide bonds. The first kappa shape index (κ1) is 11.0. The molecule has 2 N–H and O–H groups in total. The minimum Gasteiger partial charge on any atom is -0.321 e. The van der Waals surface area contributed by atoms with Crippen molar-refractivity contribution in [1.82, 2.24) is 0 Å². The van der Waals surface area contributed by atoms with Crippen molar-refractivity contribution in [3.63, 3.8) is 0 Å². The fourth-order valence-corrected chi connectivity index (χ4v) is 2.57. The summed E-state index contributed by atoms with van der Waals surface area (Å²) >= 11 is 3.00. The van der Waals surface area contributed by atoms with Gasteiger partial charge in [0.05, 0.1) is 4.47 Å². The van der Waals surface area contributed by atoms with Gasteiger partial charge in [0.1, 0.15) is 0 Å². The zero-order valence-corrected chi connectivity index (χ0v) is 9.78. The molecule has 1 aromatic rings. The summed E-state index contributed by atoms with van der Waals surface area (Å²) in [5.74, 6) is -1.68. The number of hydrogen-bond acceptors (Lipinski definition) is 1. The average Bonchev–Trinajstić information content (AvgIpc) is 2.62. The lowest BCUT2D eigenvalue weighted by molar-refractivity contribution is 0.448. The Morgan fingerprint density at radius 1 is 1.20 bits per heavy atom. The maximum atomic E-state index is 13.2. The Hall–Kier alpha value is -0.480. The lowest BCUT2D eigenvalue weighted by atomic mass is 9.89. The lowest BCUT2D eigenvalue weighted by Crippen LogP contribution is -2.33. The minimum atomic E-state index is -0.847. The van der Waals surface area contributed by atoms with Gasteiger partial charge in [-0.2, -0.15) is 0 Å². The van der Waals surface area contributed by atoms with Crippen molar-refractivity contribution < 1.29 is 8.78 Å². The van der Waals surface area contributed by atoms with Crippen molar-refractivity contribution in [2.24, 2.45) is 5.73 Å². The molecule has 1 nitrogen and oxygen atoms in total. The molecule has 1 aliphatic carbocycles. The molecule has 0 radical (unpaired) electrons. The third-order valence-electron chi connectivity index (χ3n) is 3.05. The lowest BCUT2D eigenvalue weighted by Gasteiger charge is -2.24. The molecule has 0 heterocycles. The second-order valence-corrected chi connectivity index (χ2v) is 4.97. The second kappa shape index (κ2) is 3.83. The van der Waals surface area contributed by atoms with Gasteiger partial charge in [0, 0.05) is 5.54 Å². The third-order valence-corrected chi connectivity index (χ3v) is 3.63. The van der Waals surface area contributed by atoms with Crippen LogP contribution in [-0.4, -0.2) is 0 Å². The molecule has 0 saturated heterocycles. The van der Waals surface area contributed by atoms with Gasteiger partial charge < -0.3 is 5.73 Å². The van der Waals surface area contributed by atoms with Crippen LogP contribution in [-0.2, 0) is 5.54 Å². The van der Waals surface area contributed by atoms with Crippen molar-refractivity contribution >= 4 is 15.9 Å². The van der Waals surface area contributed by atoms with E-state index in [1.54, 1.807) is 6.07 Å². The van der Waals surface area contributed by atoms with Gasteiger partial charge in [0.2, 0.25) is 0 Å². The summed E-state index contributed by atoms with van der Waals surface area (Å²) in [7, 11) is 0. The van der Waals surface area contributed by atoms with Crippen LogP contribution in [0.2, 0.25) is 0 Å². The van der Waals surface area contributed by atoms with Gasteiger partial charge in [0.15, 0.2) is 11.6 Å². The molecule has 0 aromatic heterocycles. The van der Waals surface area contributed by atoms with Crippen LogP contribution >= 0.6 is 15.9 Å². The molecular weight excluding hydrogens is 264 g/mol. The van der Waals surface area contributed by atoms with E-state index in [0.29, 0.717) is 5.56 Å². The van der Waals surface area contributed by atoms with Crippen molar-refractivity contribution in [3.8, 4) is 0 Å². The summed E-state index contributed by atoms with van der Waals surface area (Å²) in [6, 6.07) is 2.80. The van der Waals surface area contributed by atoms with E-state index >= 15 is 0 Å². The molecule has 82 valence electrons. The molecular formula is C11H12BrF2N. The predicted molar refractivity (Wildman–Crippen MR) is 58.4 cm³/mol. The van der Waals surface area contributed by atoms with E-state index in [4.69, 9.17) is 5.73 Å². The number of rotatable bonds is 1. The Morgan fingerprint density at radius 3 is 2.33 bits per heavy atom. The van der Waals surface area contributed by atoms with Gasteiger partial charge in [-0.25, -0.2) is 8.78 Å². The first-order chi connectivity index (χ1) is 7.03. The highest BCUT2D eigenvalue weighted by molar-refractivity contribution is 9.10. The van der Waals surface area contributed by atoms with E-state index in [2.05, 4.69) is 15.9 Å². The highest BCUT2D eigenvalue weighted by Gasteiger charge is 2.32. The average molecular weight is 276 g/mol. The van der Waals surface area contributed by atoms with Crippen LogP contribution < -0.4 is 5.73 Å². The van der Waals surface area contributed by atoms with Gasteiger partial charge in [-0.1, -0.05) is 12.8 Å². The van der Waals surface area contributed by atoms with E-state index < -0.39 is 17.2 Å². The molecule has 0 spiro atoms. The van der Waals surface area contributed by atoms with Crippen LogP contribution in [0.1, 0.15) is 31.2 Å². The molecule has 15 heavy (non-hydrogen) atoms. The molecule has 1 aliphatic rings. The van der Waals surface area contributed by atoms with Crippen molar-refractivity contribution in [2.75, 3.05) is 0 Å². The molecule has 1 fully saturated rings. The summed E-state index contributed by atoms with van der Waals surface area (Å²) < 4.78 is 26.4. The third kappa shape index (κ3) is 1.93. The molecule has 0 bridgehead atoms. The maximum absolute atomic E-state index is 13.2. The summed E-state index contributed by atoms with van der Waals surface area (Å²) in [4.78, 5) is 0. The van der Waals surface area contributed by atoms with Gasteiger partial charge >= 0.3 is 0 Å². The SMILES string of the molecule is NC1(c2cc(F)c(F)c(Br)c2)CCCC1. The largest absolute Gasteiger partial charge is 0.321 e. The molecule has 0 atom stereocenters. The zero-order valence-electron chi connectivity index (χ0n) is 8.19. The Kier molecular flexibility index (Phi) is 2.81. The quantitative estimate of drug-likeness (QED) is 0.781. The van der Waals surface area contributed by atoms with Crippen molar-refractivity contribution in [1.29, 1.82) is 0 Å². The predicted octanol–water partition coefficient (Wildman–Crippen LogP) is 3.46. The van der Waals surface area contributed by atoms with Crippen LogP contribution in [0.3, 0.4) is 0 Å². The number of nitrogens with two attached hydrogens (primary N) is 1.